The van der Waals surface area contributed by atoms with Gasteiger partial charge in [0, 0.05) is 37.6 Å². The highest BCUT2D eigenvalue weighted by atomic mass is 15.1. The molecule has 2 heterocycles. The van der Waals surface area contributed by atoms with E-state index in [4.69, 9.17) is 0 Å². The van der Waals surface area contributed by atoms with Crippen molar-refractivity contribution in [3.63, 3.8) is 0 Å². The number of rotatable bonds is 6. The van der Waals surface area contributed by atoms with Crippen molar-refractivity contribution in [3.8, 4) is 0 Å². The van der Waals surface area contributed by atoms with Gasteiger partial charge in [0.1, 0.15) is 0 Å². The van der Waals surface area contributed by atoms with Crippen LogP contribution in [0, 0.1) is 19.8 Å². The molecule has 2 aliphatic rings. The third kappa shape index (κ3) is 5.14. The van der Waals surface area contributed by atoms with E-state index in [1.165, 1.54) is 85.5 Å². The summed E-state index contributed by atoms with van der Waals surface area (Å²) < 4.78 is 0. The monoisotopic (exact) mass is 391 g/mol. The van der Waals surface area contributed by atoms with Gasteiger partial charge in [0.25, 0.3) is 0 Å². The van der Waals surface area contributed by atoms with Gasteiger partial charge < -0.3 is 10.2 Å². The zero-order chi connectivity index (χ0) is 20.2. The summed E-state index contributed by atoms with van der Waals surface area (Å²) in [5.74, 6) is 0.898. The van der Waals surface area contributed by atoms with Crippen molar-refractivity contribution < 1.29 is 0 Å². The minimum Gasteiger partial charge on any atom is -0.381 e. The van der Waals surface area contributed by atoms with E-state index in [9.17, 15) is 0 Å². The normalized spacial score (nSPS) is 18.4. The molecule has 0 bridgehead atoms. The van der Waals surface area contributed by atoms with Gasteiger partial charge in [-0.05, 0) is 99.0 Å². The van der Waals surface area contributed by atoms with Crippen LogP contribution in [-0.4, -0.2) is 31.1 Å². The first kappa shape index (κ1) is 20.3. The minimum absolute atomic E-state index is 0.885. The van der Waals surface area contributed by atoms with Crippen molar-refractivity contribution in [2.24, 2.45) is 5.92 Å². The summed E-state index contributed by atoms with van der Waals surface area (Å²) in [7, 11) is 0. The first-order valence-corrected chi connectivity index (χ1v) is 11.5. The minimum atomic E-state index is 0.885. The van der Waals surface area contributed by atoms with E-state index in [0.29, 0.717) is 0 Å². The second-order valence-electron chi connectivity index (χ2n) is 9.27. The molecule has 0 radical (unpaired) electrons. The van der Waals surface area contributed by atoms with E-state index >= 15 is 0 Å². The Hall–Kier alpha value is -2.00. The van der Waals surface area contributed by atoms with Crippen LogP contribution in [-0.2, 0) is 13.1 Å². The number of aryl methyl sites for hydroxylation is 2. The second kappa shape index (κ2) is 9.21. The van der Waals surface area contributed by atoms with Gasteiger partial charge in [-0.1, -0.05) is 25.1 Å². The molecule has 4 rings (SSSR count). The SMILES string of the molecule is Cc1cc(N2CCCC2)c(C)cc1CNc1ccc(CN2CCC(C)CC2)cc1. The molecule has 1 N–H and O–H groups in total. The summed E-state index contributed by atoms with van der Waals surface area (Å²) in [5, 5.41) is 3.63. The summed E-state index contributed by atoms with van der Waals surface area (Å²) in [6.45, 7) is 13.8. The summed E-state index contributed by atoms with van der Waals surface area (Å²) >= 11 is 0. The Balaban J connectivity index is 1.33. The number of anilines is 2. The van der Waals surface area contributed by atoms with Crippen LogP contribution in [0.25, 0.3) is 0 Å². The largest absolute Gasteiger partial charge is 0.381 e. The van der Waals surface area contributed by atoms with E-state index in [2.05, 4.69) is 72.3 Å². The van der Waals surface area contributed by atoms with E-state index in [1.54, 1.807) is 0 Å². The molecular weight excluding hydrogens is 354 g/mol. The smallest absolute Gasteiger partial charge is 0.0403 e. The quantitative estimate of drug-likeness (QED) is 0.676. The van der Waals surface area contributed by atoms with Crippen LogP contribution in [0.15, 0.2) is 36.4 Å². The number of hydrogen-bond donors (Lipinski definition) is 1. The van der Waals surface area contributed by atoms with Crippen LogP contribution in [0.1, 0.15) is 54.9 Å². The third-order valence-electron chi connectivity index (χ3n) is 6.82. The van der Waals surface area contributed by atoms with Crippen molar-refractivity contribution in [2.75, 3.05) is 36.4 Å². The molecule has 0 unspecified atom stereocenters. The van der Waals surface area contributed by atoms with Crippen molar-refractivity contribution in [1.82, 2.24) is 4.90 Å². The van der Waals surface area contributed by atoms with E-state index in [0.717, 1.165) is 19.0 Å². The lowest BCUT2D eigenvalue weighted by Crippen LogP contribution is -2.32. The highest BCUT2D eigenvalue weighted by molar-refractivity contribution is 5.58. The Morgan fingerprint density at radius 3 is 2.28 bits per heavy atom. The maximum atomic E-state index is 3.63. The predicted octanol–water partition coefficient (Wildman–Crippen LogP) is 5.75. The molecule has 0 aliphatic carbocycles. The van der Waals surface area contributed by atoms with Gasteiger partial charge in [-0.25, -0.2) is 0 Å². The van der Waals surface area contributed by atoms with Gasteiger partial charge in [0.15, 0.2) is 0 Å². The van der Waals surface area contributed by atoms with E-state index in [1.807, 2.05) is 0 Å². The molecule has 0 amide bonds. The Kier molecular flexibility index (Phi) is 6.44. The zero-order valence-electron chi connectivity index (χ0n) is 18.5. The van der Waals surface area contributed by atoms with E-state index in [-0.39, 0.29) is 0 Å². The molecule has 2 saturated heterocycles. The lowest BCUT2D eigenvalue weighted by Gasteiger charge is -2.30. The predicted molar refractivity (Wildman–Crippen MR) is 125 cm³/mol. The second-order valence-corrected chi connectivity index (χ2v) is 9.27. The molecule has 0 spiro atoms. The average molecular weight is 392 g/mol. The first-order chi connectivity index (χ1) is 14.1. The number of nitrogens with one attached hydrogen (secondary N) is 1. The maximum absolute atomic E-state index is 3.63. The highest BCUT2D eigenvalue weighted by Crippen LogP contribution is 2.28. The van der Waals surface area contributed by atoms with Gasteiger partial charge in [-0.2, -0.15) is 0 Å². The number of likely N-dealkylation sites (tertiary alicyclic amines) is 1. The van der Waals surface area contributed by atoms with Gasteiger partial charge in [0.05, 0.1) is 0 Å². The fourth-order valence-electron chi connectivity index (χ4n) is 4.75. The van der Waals surface area contributed by atoms with Crippen LogP contribution >= 0.6 is 0 Å². The number of benzene rings is 2. The van der Waals surface area contributed by atoms with Crippen molar-refractivity contribution in [2.45, 2.75) is 59.5 Å². The number of nitrogens with zero attached hydrogens (tertiary/aromatic N) is 2. The Morgan fingerprint density at radius 1 is 0.897 bits per heavy atom. The Bertz CT molecular complexity index is 797. The molecule has 29 heavy (non-hydrogen) atoms. The maximum Gasteiger partial charge on any atom is 0.0403 e. The fourth-order valence-corrected chi connectivity index (χ4v) is 4.75. The van der Waals surface area contributed by atoms with Crippen LogP contribution in [0.3, 0.4) is 0 Å². The van der Waals surface area contributed by atoms with Gasteiger partial charge in [-0.3, -0.25) is 4.90 Å². The third-order valence-corrected chi connectivity index (χ3v) is 6.82. The van der Waals surface area contributed by atoms with E-state index < -0.39 is 0 Å². The van der Waals surface area contributed by atoms with Crippen molar-refractivity contribution >= 4 is 11.4 Å². The van der Waals surface area contributed by atoms with Gasteiger partial charge in [0.2, 0.25) is 0 Å². The molecule has 3 heteroatoms. The fraction of sp³-hybridized carbons (Fsp3) is 0.538. The van der Waals surface area contributed by atoms with Crippen LogP contribution in [0.5, 0.6) is 0 Å². The Morgan fingerprint density at radius 2 is 1.59 bits per heavy atom. The lowest BCUT2D eigenvalue weighted by atomic mass is 9.99. The first-order valence-electron chi connectivity index (χ1n) is 11.5. The highest BCUT2D eigenvalue weighted by Gasteiger charge is 2.16. The summed E-state index contributed by atoms with van der Waals surface area (Å²) in [6.07, 6.45) is 5.34. The Labute approximate surface area is 177 Å². The molecule has 3 nitrogen and oxygen atoms in total. The molecule has 156 valence electrons. The average Bonchev–Trinajstić information content (AvgIpc) is 3.26. The zero-order valence-corrected chi connectivity index (χ0v) is 18.5. The lowest BCUT2D eigenvalue weighted by molar-refractivity contribution is 0.185. The van der Waals surface area contributed by atoms with Crippen LogP contribution in [0.4, 0.5) is 11.4 Å². The summed E-state index contributed by atoms with van der Waals surface area (Å²) in [5.41, 5.74) is 8.26. The molecule has 2 aliphatic heterocycles. The molecule has 0 saturated carbocycles. The molecule has 0 atom stereocenters. The summed E-state index contributed by atoms with van der Waals surface area (Å²) in [6, 6.07) is 13.8. The molecule has 2 aromatic carbocycles. The summed E-state index contributed by atoms with van der Waals surface area (Å²) in [4.78, 5) is 5.14. The molecule has 0 aromatic heterocycles. The number of hydrogen-bond acceptors (Lipinski definition) is 3. The van der Waals surface area contributed by atoms with Gasteiger partial charge in [-0.15, -0.1) is 0 Å². The molecular formula is C26H37N3. The number of piperidine rings is 1. The van der Waals surface area contributed by atoms with Gasteiger partial charge >= 0.3 is 0 Å². The van der Waals surface area contributed by atoms with Crippen LogP contribution in [0.2, 0.25) is 0 Å². The molecule has 2 fully saturated rings. The van der Waals surface area contributed by atoms with Crippen molar-refractivity contribution in [3.05, 3.63) is 58.7 Å². The standard InChI is InChI=1S/C26H37N3/c1-20-10-14-28(15-11-20)19-23-6-8-25(9-7-23)27-18-24-16-22(3)26(17-21(24)2)29-12-4-5-13-29/h6-9,16-17,20,27H,4-5,10-15,18-19H2,1-3H3. The molecule has 2 aromatic rings. The van der Waals surface area contributed by atoms with Crippen LogP contribution < -0.4 is 10.2 Å². The topological polar surface area (TPSA) is 18.5 Å². The van der Waals surface area contributed by atoms with Crippen molar-refractivity contribution in [1.29, 1.82) is 0 Å².